The number of benzene rings is 1. The lowest BCUT2D eigenvalue weighted by molar-refractivity contribution is 0.217. The number of aromatic nitrogens is 3. The Bertz CT molecular complexity index is 947. The van der Waals surface area contributed by atoms with E-state index in [1.54, 1.807) is 13.3 Å². The summed E-state index contributed by atoms with van der Waals surface area (Å²) in [5, 5.41) is 0. The molecule has 2 aromatic heterocycles. The molecule has 0 atom stereocenters. The summed E-state index contributed by atoms with van der Waals surface area (Å²) >= 11 is 5.79. The predicted molar refractivity (Wildman–Crippen MR) is 114 cm³/mol. The van der Waals surface area contributed by atoms with Gasteiger partial charge in [-0.3, -0.25) is 4.57 Å². The van der Waals surface area contributed by atoms with Gasteiger partial charge in [-0.15, -0.1) is 0 Å². The molecule has 1 aliphatic rings. The summed E-state index contributed by atoms with van der Waals surface area (Å²) in [5.41, 5.74) is 2.76. The van der Waals surface area contributed by atoms with E-state index in [1.165, 1.54) is 0 Å². The average Bonchev–Trinajstić information content (AvgIpc) is 3.20. The lowest BCUT2D eigenvalue weighted by Gasteiger charge is -2.33. The Morgan fingerprint density at radius 1 is 1.04 bits per heavy atom. The van der Waals surface area contributed by atoms with Gasteiger partial charge in [0.2, 0.25) is 5.88 Å². The SMILES string of the molecule is COc1ccc(-c2nc(C(=S)N3CCN(C)CC3)cn2-c2ccccc2)cn1. The van der Waals surface area contributed by atoms with Gasteiger partial charge in [-0.2, -0.15) is 0 Å². The average molecular weight is 394 g/mol. The lowest BCUT2D eigenvalue weighted by atomic mass is 10.2. The third-order valence-corrected chi connectivity index (χ3v) is 5.42. The number of ether oxygens (including phenoxy) is 1. The van der Waals surface area contributed by atoms with Gasteiger partial charge in [-0.05, 0) is 25.2 Å². The Hall–Kier alpha value is -2.77. The molecule has 0 saturated carbocycles. The van der Waals surface area contributed by atoms with Crippen LogP contribution in [0.5, 0.6) is 5.88 Å². The molecule has 144 valence electrons. The fourth-order valence-corrected chi connectivity index (χ4v) is 3.56. The number of pyridine rings is 1. The van der Waals surface area contributed by atoms with Crippen molar-refractivity contribution in [3.05, 3.63) is 60.6 Å². The minimum atomic E-state index is 0.578. The van der Waals surface area contributed by atoms with Crippen LogP contribution in [0.1, 0.15) is 5.69 Å². The highest BCUT2D eigenvalue weighted by molar-refractivity contribution is 7.80. The standard InChI is InChI=1S/C21H23N5OS/c1-24-10-12-25(13-11-24)21(28)18-15-26(17-6-4-3-5-7-17)20(23-18)16-8-9-19(27-2)22-14-16/h3-9,14-15H,10-13H2,1-2H3. The number of hydrogen-bond acceptors (Lipinski definition) is 5. The van der Waals surface area contributed by atoms with Crippen LogP contribution in [0.15, 0.2) is 54.9 Å². The van der Waals surface area contributed by atoms with Crippen molar-refractivity contribution >= 4 is 17.2 Å². The van der Waals surface area contributed by atoms with Crippen molar-refractivity contribution in [3.8, 4) is 23.0 Å². The van der Waals surface area contributed by atoms with Crippen LogP contribution < -0.4 is 4.74 Å². The summed E-state index contributed by atoms with van der Waals surface area (Å²) < 4.78 is 7.25. The van der Waals surface area contributed by atoms with Crippen molar-refractivity contribution in [1.82, 2.24) is 24.3 Å². The summed E-state index contributed by atoms with van der Waals surface area (Å²) in [6.45, 7) is 3.86. The fourth-order valence-electron chi connectivity index (χ4n) is 3.28. The van der Waals surface area contributed by atoms with E-state index in [0.717, 1.165) is 53.9 Å². The number of nitrogens with zero attached hydrogens (tertiary/aromatic N) is 5. The van der Waals surface area contributed by atoms with E-state index in [4.69, 9.17) is 21.9 Å². The highest BCUT2D eigenvalue weighted by Crippen LogP contribution is 2.25. The number of methoxy groups -OCH3 is 1. The maximum absolute atomic E-state index is 5.79. The molecule has 28 heavy (non-hydrogen) atoms. The number of hydrogen-bond donors (Lipinski definition) is 0. The Morgan fingerprint density at radius 2 is 1.79 bits per heavy atom. The molecule has 3 heterocycles. The topological polar surface area (TPSA) is 46.4 Å². The molecular formula is C21H23N5OS. The molecular weight excluding hydrogens is 370 g/mol. The normalized spacial score (nSPS) is 14.9. The van der Waals surface area contributed by atoms with E-state index < -0.39 is 0 Å². The van der Waals surface area contributed by atoms with Crippen LogP contribution in [0.3, 0.4) is 0 Å². The fraction of sp³-hybridized carbons (Fsp3) is 0.286. The number of para-hydroxylation sites is 1. The van der Waals surface area contributed by atoms with Crippen molar-refractivity contribution in [2.24, 2.45) is 0 Å². The van der Waals surface area contributed by atoms with Crippen LogP contribution >= 0.6 is 12.2 Å². The van der Waals surface area contributed by atoms with Crippen LogP contribution in [-0.4, -0.2) is 69.7 Å². The number of thiocarbonyl (C=S) groups is 1. The summed E-state index contributed by atoms with van der Waals surface area (Å²) in [7, 11) is 3.75. The molecule has 6 nitrogen and oxygen atoms in total. The molecule has 0 unspecified atom stereocenters. The van der Waals surface area contributed by atoms with Crippen molar-refractivity contribution in [3.63, 3.8) is 0 Å². The van der Waals surface area contributed by atoms with Gasteiger partial charge in [0.1, 0.15) is 16.5 Å². The molecule has 3 aromatic rings. The maximum atomic E-state index is 5.79. The molecule has 0 spiro atoms. The number of imidazole rings is 1. The van der Waals surface area contributed by atoms with Gasteiger partial charge >= 0.3 is 0 Å². The smallest absolute Gasteiger partial charge is 0.212 e. The van der Waals surface area contributed by atoms with Crippen molar-refractivity contribution in [1.29, 1.82) is 0 Å². The Morgan fingerprint density at radius 3 is 2.43 bits per heavy atom. The van der Waals surface area contributed by atoms with Gasteiger partial charge in [0, 0.05) is 55.9 Å². The zero-order chi connectivity index (χ0) is 19.5. The number of piperazine rings is 1. The van der Waals surface area contributed by atoms with Crippen molar-refractivity contribution in [2.75, 3.05) is 40.3 Å². The largest absolute Gasteiger partial charge is 0.481 e. The van der Waals surface area contributed by atoms with Crippen molar-refractivity contribution in [2.45, 2.75) is 0 Å². The second kappa shape index (κ2) is 8.08. The van der Waals surface area contributed by atoms with Gasteiger partial charge in [0.25, 0.3) is 0 Å². The molecule has 1 saturated heterocycles. The molecule has 0 bridgehead atoms. The Labute approximate surface area is 170 Å². The minimum Gasteiger partial charge on any atom is -0.481 e. The van der Waals surface area contributed by atoms with E-state index >= 15 is 0 Å². The molecule has 1 fully saturated rings. The van der Waals surface area contributed by atoms with E-state index in [0.29, 0.717) is 5.88 Å². The summed E-state index contributed by atoms with van der Waals surface area (Å²) in [5.74, 6) is 1.39. The zero-order valence-corrected chi connectivity index (χ0v) is 16.9. The highest BCUT2D eigenvalue weighted by Gasteiger charge is 2.21. The predicted octanol–water partition coefficient (Wildman–Crippen LogP) is 2.87. The highest BCUT2D eigenvalue weighted by atomic mass is 32.1. The molecule has 1 aliphatic heterocycles. The van der Waals surface area contributed by atoms with Crippen molar-refractivity contribution < 1.29 is 4.74 Å². The van der Waals surface area contributed by atoms with Crippen LogP contribution in [0.4, 0.5) is 0 Å². The molecule has 1 aromatic carbocycles. The first-order chi connectivity index (χ1) is 13.7. The molecule has 0 N–H and O–H groups in total. The number of rotatable bonds is 4. The van der Waals surface area contributed by atoms with Gasteiger partial charge in [0.05, 0.1) is 7.11 Å². The third kappa shape index (κ3) is 3.76. The van der Waals surface area contributed by atoms with E-state index in [9.17, 15) is 0 Å². The summed E-state index contributed by atoms with van der Waals surface area (Å²) in [6.07, 6.45) is 3.80. The second-order valence-corrected chi connectivity index (χ2v) is 7.23. The quantitative estimate of drug-likeness (QED) is 0.635. The van der Waals surface area contributed by atoms with Crippen LogP contribution in [-0.2, 0) is 0 Å². The second-order valence-electron chi connectivity index (χ2n) is 6.84. The van der Waals surface area contributed by atoms with Gasteiger partial charge in [-0.1, -0.05) is 30.4 Å². The third-order valence-electron chi connectivity index (χ3n) is 4.95. The first-order valence-corrected chi connectivity index (χ1v) is 9.69. The molecule has 0 radical (unpaired) electrons. The van der Waals surface area contributed by atoms with E-state index in [-0.39, 0.29) is 0 Å². The lowest BCUT2D eigenvalue weighted by Crippen LogP contribution is -2.46. The zero-order valence-electron chi connectivity index (χ0n) is 16.1. The molecule has 0 aliphatic carbocycles. The Balaban J connectivity index is 1.72. The van der Waals surface area contributed by atoms with E-state index in [2.05, 4.69) is 38.5 Å². The van der Waals surface area contributed by atoms with Crippen LogP contribution in [0.25, 0.3) is 17.1 Å². The van der Waals surface area contributed by atoms with Gasteiger partial charge < -0.3 is 14.5 Å². The van der Waals surface area contributed by atoms with E-state index in [1.807, 2.05) is 36.5 Å². The molecule has 0 amide bonds. The monoisotopic (exact) mass is 393 g/mol. The minimum absolute atomic E-state index is 0.578. The maximum Gasteiger partial charge on any atom is 0.212 e. The first-order valence-electron chi connectivity index (χ1n) is 9.29. The van der Waals surface area contributed by atoms with Crippen LogP contribution in [0.2, 0.25) is 0 Å². The van der Waals surface area contributed by atoms with Gasteiger partial charge in [-0.25, -0.2) is 9.97 Å². The summed E-state index contributed by atoms with van der Waals surface area (Å²) in [6, 6.07) is 14.0. The van der Waals surface area contributed by atoms with Crippen LogP contribution in [0, 0.1) is 0 Å². The number of likely N-dealkylation sites (N-methyl/N-ethyl adjacent to an activating group) is 1. The molecule has 7 heteroatoms. The first kappa shape index (κ1) is 18.6. The molecule has 4 rings (SSSR count). The van der Waals surface area contributed by atoms with Gasteiger partial charge in [0.15, 0.2) is 0 Å². The summed E-state index contributed by atoms with van der Waals surface area (Å²) in [4.78, 5) is 14.6. The Kier molecular flexibility index (Phi) is 5.36.